The van der Waals surface area contributed by atoms with Crippen molar-refractivity contribution in [2.24, 2.45) is 0 Å². The molecule has 0 saturated heterocycles. The molecule has 0 N–H and O–H groups in total. The molecule has 2 rings (SSSR count). The van der Waals surface area contributed by atoms with Gasteiger partial charge >= 0.3 is 5.97 Å². The van der Waals surface area contributed by atoms with Crippen LogP contribution in [0, 0.1) is 34.0 Å². The van der Waals surface area contributed by atoms with Gasteiger partial charge in [-0.15, -0.1) is 0 Å². The highest BCUT2D eigenvalue weighted by Gasteiger charge is 2.32. The van der Waals surface area contributed by atoms with E-state index in [1.165, 1.54) is 6.07 Å². The molecule has 2 aromatic carbocycles. The molecule has 0 atom stereocenters. The largest absolute Gasteiger partial charge is 0.744 e. The van der Waals surface area contributed by atoms with Crippen LogP contribution in [0.25, 0.3) is 0 Å². The Kier molecular flexibility index (Phi) is 6.77. The fraction of sp³-hybridized carbons (Fsp3) is 0. The smallest absolute Gasteiger partial charge is 0.345 e. The highest BCUT2D eigenvalue weighted by atomic mass is 127. The van der Waals surface area contributed by atoms with Gasteiger partial charge in [0.2, 0.25) is 17.4 Å². The van der Waals surface area contributed by atoms with Gasteiger partial charge in [-0.05, 0) is 79.9 Å². The minimum Gasteiger partial charge on any atom is -0.744 e. The van der Waals surface area contributed by atoms with E-state index in [0.29, 0.717) is 10.7 Å². The number of carbonyl (C=O) groups is 1. The molecule has 140 valence electrons. The highest BCUT2D eigenvalue weighted by molar-refractivity contribution is 14.1. The second-order valence-corrected chi connectivity index (χ2v) is 9.20. The average Bonchev–Trinajstić information content (AvgIpc) is 2.52. The van der Waals surface area contributed by atoms with Gasteiger partial charge in [0.25, 0.3) is 0 Å². The molecule has 0 aliphatic rings. The fourth-order valence-corrected chi connectivity index (χ4v) is 4.70. The van der Waals surface area contributed by atoms with Crippen LogP contribution in [0.5, 0.6) is 5.75 Å². The highest BCUT2D eigenvalue weighted by Crippen LogP contribution is 2.34. The third-order valence-corrected chi connectivity index (χ3v) is 7.68. The lowest BCUT2D eigenvalue weighted by Gasteiger charge is -2.14. The number of hydrogen-bond acceptors (Lipinski definition) is 5. The molecule has 0 unspecified atom stereocenters. The Morgan fingerprint density at radius 3 is 1.85 bits per heavy atom. The number of ether oxygens (including phenoxy) is 1. The molecule has 0 aromatic heterocycles. The maximum Gasteiger partial charge on any atom is 0.345 e. The molecule has 13 heteroatoms. The van der Waals surface area contributed by atoms with Crippen molar-refractivity contribution in [3.8, 4) is 5.75 Å². The molecule has 0 heterocycles. The summed E-state index contributed by atoms with van der Waals surface area (Å²) in [6, 6.07) is 3.15. The maximum absolute atomic E-state index is 13.9. The summed E-state index contributed by atoms with van der Waals surface area (Å²) in [5.41, 5.74) is -0.113. The second-order valence-electron chi connectivity index (χ2n) is 4.48. The number of rotatable bonds is 3. The molecule has 0 amide bonds. The lowest BCUT2D eigenvalue weighted by molar-refractivity contribution is 0.0714. The monoisotopic (exact) mass is 727 g/mol. The van der Waals surface area contributed by atoms with E-state index in [-0.39, 0.29) is 5.56 Å². The van der Waals surface area contributed by atoms with Crippen molar-refractivity contribution >= 4 is 83.9 Å². The van der Waals surface area contributed by atoms with E-state index >= 15 is 0 Å². The first-order valence-electron chi connectivity index (χ1n) is 6.05. The van der Waals surface area contributed by atoms with Crippen molar-refractivity contribution in [2.45, 2.75) is 4.90 Å². The van der Waals surface area contributed by atoms with Gasteiger partial charge in [-0.2, -0.15) is 8.78 Å². The molecule has 0 aliphatic carbocycles. The summed E-state index contributed by atoms with van der Waals surface area (Å²) < 4.78 is 93.3. The Hall–Kier alpha value is -0.270. The number of hydrogen-bond donors (Lipinski definition) is 0. The molecule has 26 heavy (non-hydrogen) atoms. The van der Waals surface area contributed by atoms with E-state index in [1.807, 2.05) is 22.6 Å². The van der Waals surface area contributed by atoms with Crippen LogP contribution >= 0.6 is 67.8 Å². The lowest BCUT2D eigenvalue weighted by Crippen LogP contribution is -2.18. The summed E-state index contributed by atoms with van der Waals surface area (Å²) in [7, 11) is -5.85. The van der Waals surface area contributed by atoms with E-state index in [1.54, 1.807) is 51.2 Å². The summed E-state index contributed by atoms with van der Waals surface area (Å²) in [4.78, 5) is 9.90. The van der Waals surface area contributed by atoms with Crippen LogP contribution in [0.1, 0.15) is 10.4 Å². The van der Waals surface area contributed by atoms with Gasteiger partial charge in [0.1, 0.15) is 15.0 Å². The predicted octanol–water partition coefficient (Wildman–Crippen LogP) is 4.18. The van der Waals surface area contributed by atoms with Gasteiger partial charge < -0.3 is 9.29 Å². The summed E-state index contributed by atoms with van der Waals surface area (Å²) in [5.74, 6) is -12.7. The van der Waals surface area contributed by atoms with Crippen molar-refractivity contribution in [3.05, 3.63) is 51.7 Å². The molecule has 5 nitrogen and oxygen atoms in total. The SMILES string of the molecule is O=C(Oc1c(F)c(F)c(S(=O)(=O)[O-])c(F)c1F)c1c(I)ccc(I)c1I. The lowest BCUT2D eigenvalue weighted by atomic mass is 10.2. The maximum atomic E-state index is 13.9. The van der Waals surface area contributed by atoms with E-state index < -0.39 is 50.0 Å². The van der Waals surface area contributed by atoms with E-state index in [4.69, 9.17) is 0 Å². The van der Waals surface area contributed by atoms with Crippen molar-refractivity contribution in [3.63, 3.8) is 0 Å². The van der Waals surface area contributed by atoms with Crippen LogP contribution < -0.4 is 4.74 Å². The zero-order chi connectivity index (χ0) is 20.0. The Bertz CT molecular complexity index is 1010. The molecular weight excluding hydrogens is 725 g/mol. The third-order valence-electron chi connectivity index (χ3n) is 2.88. The molecule has 0 radical (unpaired) electrons. The molecule has 2 aromatic rings. The standard InChI is InChI=1S/C13H3F4I3O5S/c14-6-8(16)12(26(22,23)24)9(17)7(15)11(6)25-13(21)5-3(18)1-2-4(19)10(5)20/h1-2H,(H,22,23,24)/p-1. The summed E-state index contributed by atoms with van der Waals surface area (Å²) in [6.45, 7) is 0. The Balaban J connectivity index is 2.63. The van der Waals surface area contributed by atoms with Crippen LogP contribution in [0.4, 0.5) is 17.6 Å². The second kappa shape index (κ2) is 8.00. The van der Waals surface area contributed by atoms with E-state index in [0.717, 1.165) is 0 Å². The quantitative estimate of drug-likeness (QED) is 0.119. The zero-order valence-electron chi connectivity index (χ0n) is 11.7. The van der Waals surface area contributed by atoms with Crippen LogP contribution in [0.3, 0.4) is 0 Å². The normalized spacial score (nSPS) is 11.5. The minimum atomic E-state index is -5.85. The predicted molar refractivity (Wildman–Crippen MR) is 104 cm³/mol. The first-order chi connectivity index (χ1) is 11.9. The average molecular weight is 727 g/mol. The van der Waals surface area contributed by atoms with Crippen LogP contribution in [-0.2, 0) is 10.1 Å². The summed E-state index contributed by atoms with van der Waals surface area (Å²) in [5, 5.41) is 0. The van der Waals surface area contributed by atoms with Crippen LogP contribution in [0.2, 0.25) is 0 Å². The number of benzene rings is 2. The van der Waals surface area contributed by atoms with Crippen molar-refractivity contribution < 1.29 is 40.1 Å². The number of carbonyl (C=O) groups excluding carboxylic acids is 1. The van der Waals surface area contributed by atoms with Gasteiger partial charge in [0.05, 0.1) is 5.56 Å². The summed E-state index contributed by atoms with van der Waals surface area (Å²) >= 11 is 5.39. The molecule has 0 aliphatic heterocycles. The van der Waals surface area contributed by atoms with Crippen LogP contribution in [0.15, 0.2) is 17.0 Å². The van der Waals surface area contributed by atoms with Gasteiger partial charge in [0.15, 0.2) is 11.6 Å². The molecule has 0 bridgehead atoms. The number of halogens is 7. The molecular formula is C13H2F4I3O5S-. The molecule has 0 saturated carbocycles. The Morgan fingerprint density at radius 1 is 0.923 bits per heavy atom. The molecule has 0 fully saturated rings. The Morgan fingerprint density at radius 2 is 1.38 bits per heavy atom. The van der Waals surface area contributed by atoms with Gasteiger partial charge in [-0.25, -0.2) is 22.0 Å². The van der Waals surface area contributed by atoms with Crippen LogP contribution in [-0.4, -0.2) is 18.9 Å². The minimum absolute atomic E-state index is 0.113. The van der Waals surface area contributed by atoms with E-state index in [9.17, 15) is 35.3 Å². The van der Waals surface area contributed by atoms with Gasteiger partial charge in [0, 0.05) is 10.7 Å². The third kappa shape index (κ3) is 4.09. The number of esters is 1. The zero-order valence-corrected chi connectivity index (χ0v) is 19.0. The fourth-order valence-electron chi connectivity index (χ4n) is 1.76. The Labute approximate surface area is 184 Å². The first kappa shape index (κ1) is 22.0. The van der Waals surface area contributed by atoms with Crippen molar-refractivity contribution in [1.29, 1.82) is 0 Å². The topological polar surface area (TPSA) is 83.5 Å². The summed E-state index contributed by atoms with van der Waals surface area (Å²) in [6.07, 6.45) is 0. The van der Waals surface area contributed by atoms with Crippen molar-refractivity contribution in [2.75, 3.05) is 0 Å². The molecule has 0 spiro atoms. The first-order valence-corrected chi connectivity index (χ1v) is 10.7. The van der Waals surface area contributed by atoms with Gasteiger partial charge in [-0.3, -0.25) is 0 Å². The van der Waals surface area contributed by atoms with Crippen molar-refractivity contribution in [1.82, 2.24) is 0 Å². The van der Waals surface area contributed by atoms with E-state index in [2.05, 4.69) is 4.74 Å². The van der Waals surface area contributed by atoms with Gasteiger partial charge in [-0.1, -0.05) is 0 Å².